The van der Waals surface area contributed by atoms with Gasteiger partial charge in [0.25, 0.3) is 0 Å². The minimum atomic E-state index is -3.65. The predicted octanol–water partition coefficient (Wildman–Crippen LogP) is 2.06. The van der Waals surface area contributed by atoms with Gasteiger partial charge in [0.05, 0.1) is 21.7 Å². The summed E-state index contributed by atoms with van der Waals surface area (Å²) in [6.45, 7) is 1.92. The zero-order chi connectivity index (χ0) is 15.6. The van der Waals surface area contributed by atoms with Crippen LogP contribution in [0.1, 0.15) is 31.2 Å². The largest absolute Gasteiger partial charge is 0.397 e. The summed E-state index contributed by atoms with van der Waals surface area (Å²) in [5.41, 5.74) is 6.47. The number of benzene rings is 1. The smallest absolute Gasteiger partial charge is 0.240 e. The van der Waals surface area contributed by atoms with Gasteiger partial charge in [-0.15, -0.1) is 0 Å². The number of rotatable bonds is 4. The van der Waals surface area contributed by atoms with E-state index in [1.807, 2.05) is 0 Å². The standard InChI is InChI=1S/C14H21ClN2O3S/c1-9-6-11(15)12(16)7-14(9)21(19,20)17-8-10-4-2-3-5-13(10)18/h6-7,10,13,17-18H,2-5,8,16H2,1H3. The zero-order valence-electron chi connectivity index (χ0n) is 12.0. The highest BCUT2D eigenvalue weighted by Crippen LogP contribution is 2.27. The van der Waals surface area contributed by atoms with E-state index in [0.29, 0.717) is 10.6 Å². The topological polar surface area (TPSA) is 92.4 Å². The molecule has 0 aliphatic heterocycles. The number of nitrogens with one attached hydrogen (secondary N) is 1. The van der Waals surface area contributed by atoms with Crippen molar-refractivity contribution in [3.63, 3.8) is 0 Å². The third-order valence-electron chi connectivity index (χ3n) is 3.99. The van der Waals surface area contributed by atoms with Crippen molar-refractivity contribution in [1.82, 2.24) is 4.72 Å². The van der Waals surface area contributed by atoms with Gasteiger partial charge in [-0.05, 0) is 43.4 Å². The summed E-state index contributed by atoms with van der Waals surface area (Å²) in [4.78, 5) is 0.134. The lowest BCUT2D eigenvalue weighted by atomic mass is 9.87. The zero-order valence-corrected chi connectivity index (χ0v) is 13.5. The van der Waals surface area contributed by atoms with Gasteiger partial charge in [0, 0.05) is 6.54 Å². The number of nitrogens with two attached hydrogens (primary N) is 1. The van der Waals surface area contributed by atoms with Gasteiger partial charge in [-0.1, -0.05) is 24.4 Å². The fourth-order valence-corrected chi connectivity index (χ4v) is 4.25. The number of sulfonamides is 1. The van der Waals surface area contributed by atoms with Crippen LogP contribution in [0.5, 0.6) is 0 Å². The van der Waals surface area contributed by atoms with E-state index in [4.69, 9.17) is 17.3 Å². The second kappa shape index (κ2) is 6.52. The SMILES string of the molecule is Cc1cc(Cl)c(N)cc1S(=O)(=O)NCC1CCCCC1O. The third kappa shape index (κ3) is 3.88. The highest BCUT2D eigenvalue weighted by atomic mass is 35.5. The molecule has 0 saturated heterocycles. The van der Waals surface area contributed by atoms with Crippen molar-refractivity contribution in [1.29, 1.82) is 0 Å². The van der Waals surface area contributed by atoms with Crippen LogP contribution < -0.4 is 10.5 Å². The van der Waals surface area contributed by atoms with Gasteiger partial charge < -0.3 is 10.8 Å². The minimum Gasteiger partial charge on any atom is -0.397 e. The first-order chi connectivity index (χ1) is 9.81. The van der Waals surface area contributed by atoms with Crippen LogP contribution in [0.25, 0.3) is 0 Å². The summed E-state index contributed by atoms with van der Waals surface area (Å²) in [7, 11) is -3.65. The molecule has 0 heterocycles. The molecule has 0 amide bonds. The first-order valence-electron chi connectivity index (χ1n) is 7.04. The van der Waals surface area contributed by atoms with Crippen LogP contribution in [0.4, 0.5) is 5.69 Å². The van der Waals surface area contributed by atoms with E-state index in [-0.39, 0.29) is 23.0 Å². The first kappa shape index (κ1) is 16.5. The Bertz CT molecular complexity index is 619. The lowest BCUT2D eigenvalue weighted by molar-refractivity contribution is 0.0724. The monoisotopic (exact) mass is 332 g/mol. The van der Waals surface area contributed by atoms with E-state index < -0.39 is 16.1 Å². The maximum Gasteiger partial charge on any atom is 0.240 e. The Balaban J connectivity index is 2.13. The second-order valence-electron chi connectivity index (χ2n) is 5.60. The van der Waals surface area contributed by atoms with E-state index in [9.17, 15) is 13.5 Å². The number of halogens is 1. The van der Waals surface area contributed by atoms with Crippen LogP contribution in [0.3, 0.4) is 0 Å². The molecule has 7 heteroatoms. The number of hydrogen-bond donors (Lipinski definition) is 3. The molecule has 1 aromatic rings. The number of aliphatic hydroxyl groups is 1. The average Bonchev–Trinajstić information content (AvgIpc) is 2.42. The van der Waals surface area contributed by atoms with Gasteiger partial charge in [0.2, 0.25) is 10.0 Å². The maximum absolute atomic E-state index is 12.4. The number of hydrogen-bond acceptors (Lipinski definition) is 4. The molecule has 2 atom stereocenters. The Morgan fingerprint density at radius 1 is 1.38 bits per heavy atom. The van der Waals surface area contributed by atoms with E-state index >= 15 is 0 Å². The molecular formula is C14H21ClN2O3S. The number of anilines is 1. The van der Waals surface area contributed by atoms with Crippen LogP contribution in [0.2, 0.25) is 5.02 Å². The van der Waals surface area contributed by atoms with Crippen molar-refractivity contribution in [3.05, 3.63) is 22.7 Å². The molecular weight excluding hydrogens is 312 g/mol. The summed E-state index contributed by atoms with van der Waals surface area (Å²) in [6.07, 6.45) is 3.16. The van der Waals surface area contributed by atoms with Crippen molar-refractivity contribution in [2.24, 2.45) is 5.92 Å². The fourth-order valence-electron chi connectivity index (χ4n) is 2.68. The van der Waals surface area contributed by atoms with Gasteiger partial charge in [0.1, 0.15) is 0 Å². The Morgan fingerprint density at radius 3 is 2.71 bits per heavy atom. The molecule has 118 valence electrons. The Hall–Kier alpha value is -0.820. The molecule has 0 aromatic heterocycles. The number of aliphatic hydroxyl groups excluding tert-OH is 1. The van der Waals surface area contributed by atoms with Crippen LogP contribution in [-0.4, -0.2) is 26.2 Å². The van der Waals surface area contributed by atoms with Crippen LogP contribution >= 0.6 is 11.6 Å². The van der Waals surface area contributed by atoms with E-state index in [0.717, 1.165) is 25.7 Å². The quantitative estimate of drug-likeness (QED) is 0.736. The van der Waals surface area contributed by atoms with Crippen molar-refractivity contribution in [2.75, 3.05) is 12.3 Å². The Labute approximate surface area is 130 Å². The van der Waals surface area contributed by atoms with Gasteiger partial charge in [-0.2, -0.15) is 0 Å². The average molecular weight is 333 g/mol. The molecule has 0 bridgehead atoms. The van der Waals surface area contributed by atoms with E-state index in [1.54, 1.807) is 13.0 Å². The summed E-state index contributed by atoms with van der Waals surface area (Å²) >= 11 is 5.88. The Morgan fingerprint density at radius 2 is 2.05 bits per heavy atom. The molecule has 1 saturated carbocycles. The van der Waals surface area contributed by atoms with E-state index in [2.05, 4.69) is 4.72 Å². The van der Waals surface area contributed by atoms with Crippen LogP contribution in [-0.2, 0) is 10.0 Å². The summed E-state index contributed by atoms with van der Waals surface area (Å²) in [5.74, 6) is -0.0292. The molecule has 1 aliphatic rings. The van der Waals surface area contributed by atoms with Gasteiger partial charge >= 0.3 is 0 Å². The highest BCUT2D eigenvalue weighted by molar-refractivity contribution is 7.89. The van der Waals surface area contributed by atoms with Gasteiger partial charge in [0.15, 0.2) is 0 Å². The summed E-state index contributed by atoms with van der Waals surface area (Å²) in [6, 6.07) is 2.91. The third-order valence-corrected chi connectivity index (χ3v) is 5.88. The number of nitrogen functional groups attached to an aromatic ring is 1. The lowest BCUT2D eigenvalue weighted by Crippen LogP contribution is -2.36. The normalized spacial score (nSPS) is 23.2. The minimum absolute atomic E-state index is 0.0292. The molecule has 2 rings (SSSR count). The van der Waals surface area contributed by atoms with Crippen LogP contribution in [0.15, 0.2) is 17.0 Å². The highest BCUT2D eigenvalue weighted by Gasteiger charge is 2.26. The lowest BCUT2D eigenvalue weighted by Gasteiger charge is -2.27. The molecule has 2 unspecified atom stereocenters. The van der Waals surface area contributed by atoms with Gasteiger partial charge in [-0.3, -0.25) is 0 Å². The molecule has 1 aromatic carbocycles. The summed E-state index contributed by atoms with van der Waals surface area (Å²) < 4.78 is 27.3. The fraction of sp³-hybridized carbons (Fsp3) is 0.571. The van der Waals surface area contributed by atoms with Gasteiger partial charge in [-0.25, -0.2) is 13.1 Å². The van der Waals surface area contributed by atoms with Crippen molar-refractivity contribution in [3.8, 4) is 0 Å². The summed E-state index contributed by atoms with van der Waals surface area (Å²) in [5, 5.41) is 10.2. The first-order valence-corrected chi connectivity index (χ1v) is 8.90. The molecule has 5 nitrogen and oxygen atoms in total. The van der Waals surface area contributed by atoms with Crippen molar-refractivity contribution >= 4 is 27.3 Å². The maximum atomic E-state index is 12.4. The Kier molecular flexibility index (Phi) is 5.14. The van der Waals surface area contributed by atoms with E-state index in [1.165, 1.54) is 6.07 Å². The molecule has 4 N–H and O–H groups in total. The molecule has 1 aliphatic carbocycles. The predicted molar refractivity (Wildman–Crippen MR) is 83.8 cm³/mol. The van der Waals surface area contributed by atoms with Crippen molar-refractivity contribution < 1.29 is 13.5 Å². The molecule has 21 heavy (non-hydrogen) atoms. The molecule has 0 spiro atoms. The van der Waals surface area contributed by atoms with Crippen LogP contribution in [0, 0.1) is 12.8 Å². The molecule has 1 fully saturated rings. The molecule has 0 radical (unpaired) electrons. The van der Waals surface area contributed by atoms with Crippen molar-refractivity contribution in [2.45, 2.75) is 43.6 Å². The number of aryl methyl sites for hydroxylation is 1. The second-order valence-corrected chi connectivity index (χ2v) is 7.75.